The molecule has 29 heavy (non-hydrogen) atoms. The number of hydrogen-bond donors (Lipinski definition) is 2. The van der Waals surface area contributed by atoms with Gasteiger partial charge >= 0.3 is 6.18 Å². The molecule has 0 radical (unpaired) electrons. The molecule has 1 aliphatic heterocycles. The fourth-order valence-corrected chi connectivity index (χ4v) is 4.00. The number of benzene rings is 1. The Bertz CT molecular complexity index is 816. The molecule has 0 bridgehead atoms. The fourth-order valence-electron chi connectivity index (χ4n) is 3.20. The van der Waals surface area contributed by atoms with Gasteiger partial charge in [0, 0.05) is 49.7 Å². The minimum absolute atomic E-state index is 0.269. The summed E-state index contributed by atoms with van der Waals surface area (Å²) in [7, 11) is 0. The van der Waals surface area contributed by atoms with Crippen molar-refractivity contribution in [2.45, 2.75) is 38.9 Å². The summed E-state index contributed by atoms with van der Waals surface area (Å²) < 4.78 is 37.9. The first kappa shape index (κ1) is 21.4. The van der Waals surface area contributed by atoms with Crippen molar-refractivity contribution in [3.8, 4) is 0 Å². The van der Waals surface area contributed by atoms with Crippen molar-refractivity contribution < 1.29 is 13.2 Å². The van der Waals surface area contributed by atoms with E-state index in [-0.39, 0.29) is 6.04 Å². The summed E-state index contributed by atoms with van der Waals surface area (Å²) in [6.07, 6.45) is -3.00. The van der Waals surface area contributed by atoms with E-state index in [1.165, 1.54) is 11.3 Å². The topological polar surface area (TPSA) is 52.6 Å². The summed E-state index contributed by atoms with van der Waals surface area (Å²) in [4.78, 5) is 10.5. The van der Waals surface area contributed by atoms with Gasteiger partial charge in [-0.15, -0.1) is 11.3 Å². The molecule has 1 saturated heterocycles. The number of nitrogens with zero attached hydrogens (tertiary/aromatic N) is 3. The van der Waals surface area contributed by atoms with Gasteiger partial charge in [0.15, 0.2) is 11.7 Å². The highest BCUT2D eigenvalue weighted by atomic mass is 32.1. The van der Waals surface area contributed by atoms with Crippen LogP contribution in [-0.2, 0) is 12.6 Å². The van der Waals surface area contributed by atoms with Crippen LogP contribution in [0.1, 0.15) is 29.6 Å². The van der Waals surface area contributed by atoms with Crippen molar-refractivity contribution in [2.75, 3.05) is 31.1 Å². The Hall–Kier alpha value is -2.29. The molecular formula is C20H26F3N5S. The van der Waals surface area contributed by atoms with E-state index in [0.717, 1.165) is 42.8 Å². The third-order valence-corrected chi connectivity index (χ3v) is 5.62. The highest BCUT2D eigenvalue weighted by Gasteiger charge is 2.33. The predicted molar refractivity (Wildman–Crippen MR) is 112 cm³/mol. The Kier molecular flexibility index (Phi) is 7.00. The SMILES string of the molecule is CCNC(=NCCc1nc(C(F)(F)F)cs1)NC1CCN(c2ccc(C)cc2)C1. The lowest BCUT2D eigenvalue weighted by Crippen LogP contribution is -2.44. The zero-order valence-corrected chi connectivity index (χ0v) is 17.4. The summed E-state index contributed by atoms with van der Waals surface area (Å²) in [5, 5.41) is 8.16. The second kappa shape index (κ2) is 9.47. The van der Waals surface area contributed by atoms with Gasteiger partial charge in [-0.3, -0.25) is 4.99 Å². The molecule has 2 heterocycles. The molecular weight excluding hydrogens is 399 g/mol. The zero-order chi connectivity index (χ0) is 20.9. The van der Waals surface area contributed by atoms with Crippen molar-refractivity contribution in [2.24, 2.45) is 4.99 Å². The molecule has 9 heteroatoms. The van der Waals surface area contributed by atoms with Crippen LogP contribution in [0.4, 0.5) is 18.9 Å². The van der Waals surface area contributed by atoms with Crippen LogP contribution in [0, 0.1) is 6.92 Å². The van der Waals surface area contributed by atoms with Crippen LogP contribution < -0.4 is 15.5 Å². The van der Waals surface area contributed by atoms with Crippen molar-refractivity contribution >= 4 is 23.0 Å². The van der Waals surface area contributed by atoms with Gasteiger partial charge in [-0.2, -0.15) is 13.2 Å². The quantitative estimate of drug-likeness (QED) is 0.545. The molecule has 1 unspecified atom stereocenters. The molecule has 0 saturated carbocycles. The van der Waals surface area contributed by atoms with Crippen LogP contribution in [0.5, 0.6) is 0 Å². The maximum atomic E-state index is 12.6. The van der Waals surface area contributed by atoms with Gasteiger partial charge in [-0.1, -0.05) is 17.7 Å². The molecule has 1 aromatic heterocycles. The fraction of sp³-hybridized carbons (Fsp3) is 0.500. The summed E-state index contributed by atoms with van der Waals surface area (Å²) >= 11 is 1.03. The molecule has 2 aromatic rings. The van der Waals surface area contributed by atoms with Crippen molar-refractivity contribution in [1.29, 1.82) is 0 Å². The number of guanidine groups is 1. The largest absolute Gasteiger partial charge is 0.434 e. The minimum Gasteiger partial charge on any atom is -0.369 e. The molecule has 1 aliphatic rings. The van der Waals surface area contributed by atoms with Gasteiger partial charge in [0.2, 0.25) is 0 Å². The number of aromatic nitrogens is 1. The highest BCUT2D eigenvalue weighted by molar-refractivity contribution is 7.09. The maximum Gasteiger partial charge on any atom is 0.434 e. The lowest BCUT2D eigenvalue weighted by molar-refractivity contribution is -0.140. The average Bonchev–Trinajstić information content (AvgIpc) is 3.32. The lowest BCUT2D eigenvalue weighted by atomic mass is 10.2. The van der Waals surface area contributed by atoms with Crippen molar-refractivity contribution in [3.05, 3.63) is 45.9 Å². The maximum absolute atomic E-state index is 12.6. The first-order valence-electron chi connectivity index (χ1n) is 9.73. The molecule has 1 fully saturated rings. The standard InChI is InChI=1S/C20H26F3N5S/c1-3-24-19(25-10-8-18-27-17(13-29-18)20(21,22)23)26-15-9-11-28(12-15)16-6-4-14(2)5-7-16/h4-7,13,15H,3,8-12H2,1-2H3,(H2,24,25,26). The number of alkyl halides is 3. The number of halogens is 3. The van der Waals surface area contributed by atoms with Gasteiger partial charge in [0.1, 0.15) is 0 Å². The van der Waals surface area contributed by atoms with Crippen molar-refractivity contribution in [3.63, 3.8) is 0 Å². The van der Waals surface area contributed by atoms with Crippen LogP contribution >= 0.6 is 11.3 Å². The minimum atomic E-state index is -4.39. The molecule has 1 aromatic carbocycles. The smallest absolute Gasteiger partial charge is 0.369 e. The van der Waals surface area contributed by atoms with Crippen LogP contribution in [0.25, 0.3) is 0 Å². The third kappa shape index (κ3) is 6.09. The van der Waals surface area contributed by atoms with Crippen LogP contribution in [0.2, 0.25) is 0 Å². The second-order valence-corrected chi connectivity index (χ2v) is 7.99. The monoisotopic (exact) mass is 425 g/mol. The Morgan fingerprint density at radius 2 is 2.07 bits per heavy atom. The van der Waals surface area contributed by atoms with Crippen molar-refractivity contribution in [1.82, 2.24) is 15.6 Å². The van der Waals surface area contributed by atoms with Gasteiger partial charge in [0.05, 0.1) is 5.01 Å². The Morgan fingerprint density at radius 1 is 1.31 bits per heavy atom. The van der Waals surface area contributed by atoms with Gasteiger partial charge in [0.25, 0.3) is 0 Å². The Morgan fingerprint density at radius 3 is 2.72 bits per heavy atom. The van der Waals surface area contributed by atoms with E-state index < -0.39 is 11.9 Å². The van der Waals surface area contributed by atoms with Gasteiger partial charge < -0.3 is 15.5 Å². The van der Waals surface area contributed by atoms with Crippen LogP contribution in [0.3, 0.4) is 0 Å². The Balaban J connectivity index is 1.53. The molecule has 3 rings (SSSR count). The van der Waals surface area contributed by atoms with Crippen LogP contribution in [0.15, 0.2) is 34.6 Å². The summed E-state index contributed by atoms with van der Waals surface area (Å²) in [6.45, 7) is 7.02. The van der Waals surface area contributed by atoms with E-state index in [2.05, 4.69) is 56.7 Å². The van der Waals surface area contributed by atoms with E-state index in [1.54, 1.807) is 0 Å². The predicted octanol–water partition coefficient (Wildman–Crippen LogP) is 3.85. The molecule has 158 valence electrons. The zero-order valence-electron chi connectivity index (χ0n) is 16.6. The number of anilines is 1. The number of aliphatic imine (C=N–C) groups is 1. The molecule has 0 amide bonds. The van der Waals surface area contributed by atoms with E-state index >= 15 is 0 Å². The number of aryl methyl sites for hydroxylation is 1. The number of hydrogen-bond acceptors (Lipinski definition) is 4. The average molecular weight is 426 g/mol. The van der Waals surface area contributed by atoms with Gasteiger partial charge in [-0.25, -0.2) is 4.98 Å². The van der Waals surface area contributed by atoms with E-state index in [1.807, 2.05) is 6.92 Å². The number of thiazole rings is 1. The molecule has 0 aliphatic carbocycles. The lowest BCUT2D eigenvalue weighted by Gasteiger charge is -2.20. The second-order valence-electron chi connectivity index (χ2n) is 7.05. The normalized spacial score (nSPS) is 17.6. The number of rotatable bonds is 6. The summed E-state index contributed by atoms with van der Waals surface area (Å²) in [5.74, 6) is 0.691. The highest BCUT2D eigenvalue weighted by Crippen LogP contribution is 2.30. The van der Waals surface area contributed by atoms with Crippen LogP contribution in [-0.4, -0.2) is 43.2 Å². The first-order chi connectivity index (χ1) is 13.8. The number of nitrogens with one attached hydrogen (secondary N) is 2. The molecule has 0 spiro atoms. The molecule has 1 atom stereocenters. The Labute approximate surface area is 173 Å². The first-order valence-corrected chi connectivity index (χ1v) is 10.6. The summed E-state index contributed by atoms with van der Waals surface area (Å²) in [5.41, 5.74) is 1.63. The molecule has 5 nitrogen and oxygen atoms in total. The molecule has 2 N–H and O–H groups in total. The van der Waals surface area contributed by atoms with E-state index in [9.17, 15) is 13.2 Å². The van der Waals surface area contributed by atoms with Gasteiger partial charge in [-0.05, 0) is 32.4 Å². The third-order valence-electron chi connectivity index (χ3n) is 4.71. The van der Waals surface area contributed by atoms with E-state index in [4.69, 9.17) is 0 Å². The van der Waals surface area contributed by atoms with E-state index in [0.29, 0.717) is 23.9 Å². The summed E-state index contributed by atoms with van der Waals surface area (Å²) in [6, 6.07) is 8.78.